The first kappa shape index (κ1) is 12.2. The molecule has 2 aromatic heterocycles. The van der Waals surface area contributed by atoms with Crippen molar-refractivity contribution in [3.8, 4) is 11.6 Å². The predicted octanol–water partition coefficient (Wildman–Crippen LogP) is 0.0514. The summed E-state index contributed by atoms with van der Waals surface area (Å²) in [4.78, 5) is 4.30. The zero-order chi connectivity index (χ0) is 13.1. The van der Waals surface area contributed by atoms with E-state index in [2.05, 4.69) is 25.8 Å². The number of aromatic nitrogens is 5. The Hall–Kier alpha value is -1.80. The van der Waals surface area contributed by atoms with Crippen LogP contribution >= 0.6 is 0 Å². The van der Waals surface area contributed by atoms with E-state index in [1.54, 1.807) is 7.11 Å². The molecule has 1 saturated heterocycles. The largest absolute Gasteiger partial charge is 0.385 e. The third-order valence-electron chi connectivity index (χ3n) is 3.08. The van der Waals surface area contributed by atoms with Crippen molar-refractivity contribution in [1.82, 2.24) is 30.5 Å². The Morgan fingerprint density at radius 3 is 3.16 bits per heavy atom. The molecule has 1 fully saturated rings. The van der Waals surface area contributed by atoms with Crippen LogP contribution in [-0.2, 0) is 11.2 Å². The molecule has 1 N–H and O–H groups in total. The van der Waals surface area contributed by atoms with E-state index < -0.39 is 0 Å². The quantitative estimate of drug-likeness (QED) is 0.737. The highest BCUT2D eigenvalue weighted by Crippen LogP contribution is 2.17. The lowest BCUT2D eigenvalue weighted by Crippen LogP contribution is -2.43. The minimum Gasteiger partial charge on any atom is -0.385 e. The van der Waals surface area contributed by atoms with Gasteiger partial charge in [-0.25, -0.2) is 4.68 Å². The Kier molecular flexibility index (Phi) is 3.51. The third kappa shape index (κ3) is 2.64. The van der Waals surface area contributed by atoms with E-state index in [9.17, 15) is 0 Å². The molecule has 3 heterocycles. The Morgan fingerprint density at radius 1 is 1.53 bits per heavy atom. The van der Waals surface area contributed by atoms with Crippen molar-refractivity contribution in [2.45, 2.75) is 18.9 Å². The highest BCUT2D eigenvalue weighted by Gasteiger charge is 2.21. The molecule has 0 spiro atoms. The normalized spacial score (nSPS) is 15.6. The fourth-order valence-electron chi connectivity index (χ4n) is 1.85. The molecule has 0 atom stereocenters. The van der Waals surface area contributed by atoms with E-state index >= 15 is 0 Å². The highest BCUT2D eigenvalue weighted by atomic mass is 16.5. The van der Waals surface area contributed by atoms with Crippen LogP contribution in [0.2, 0.25) is 0 Å². The molecule has 1 aliphatic heterocycles. The summed E-state index contributed by atoms with van der Waals surface area (Å²) in [6.07, 6.45) is 3.45. The molecule has 0 aromatic carbocycles. The summed E-state index contributed by atoms with van der Waals surface area (Å²) in [5, 5.41) is 15.3. The average molecular weight is 264 g/mol. The fourth-order valence-corrected chi connectivity index (χ4v) is 1.85. The molecule has 2 aromatic rings. The Bertz CT molecular complexity index is 533. The van der Waals surface area contributed by atoms with Crippen molar-refractivity contribution in [3.05, 3.63) is 12.0 Å². The molecule has 0 saturated carbocycles. The standard InChI is InChI=1S/C11H16N6O2/c1-18-4-2-3-10-13-11(19-15-10)9-7-17(16-14-9)8-5-12-6-8/h7-8,12H,2-6H2,1H3. The van der Waals surface area contributed by atoms with Crippen LogP contribution in [0.15, 0.2) is 10.7 Å². The number of hydrogen-bond donors (Lipinski definition) is 1. The number of ether oxygens (including phenoxy) is 1. The van der Waals surface area contributed by atoms with Gasteiger partial charge in [-0.1, -0.05) is 10.4 Å². The van der Waals surface area contributed by atoms with Gasteiger partial charge < -0.3 is 14.6 Å². The number of nitrogens with zero attached hydrogens (tertiary/aromatic N) is 5. The van der Waals surface area contributed by atoms with E-state index in [0.717, 1.165) is 25.9 Å². The van der Waals surface area contributed by atoms with Gasteiger partial charge in [0.15, 0.2) is 11.5 Å². The summed E-state index contributed by atoms with van der Waals surface area (Å²) in [5.74, 6) is 1.10. The Balaban J connectivity index is 1.66. The van der Waals surface area contributed by atoms with Crippen molar-refractivity contribution in [1.29, 1.82) is 0 Å². The van der Waals surface area contributed by atoms with Gasteiger partial charge in [-0.15, -0.1) is 5.10 Å². The van der Waals surface area contributed by atoms with Crippen LogP contribution in [0.4, 0.5) is 0 Å². The molecule has 0 radical (unpaired) electrons. The van der Waals surface area contributed by atoms with Gasteiger partial charge in [0.05, 0.1) is 12.2 Å². The van der Waals surface area contributed by atoms with Crippen LogP contribution < -0.4 is 5.32 Å². The zero-order valence-corrected chi connectivity index (χ0v) is 10.7. The molecule has 0 unspecified atom stereocenters. The Labute approximate surface area is 110 Å². The number of hydrogen-bond acceptors (Lipinski definition) is 7. The number of methoxy groups -OCH3 is 1. The predicted molar refractivity (Wildman–Crippen MR) is 65.4 cm³/mol. The van der Waals surface area contributed by atoms with E-state index in [-0.39, 0.29) is 0 Å². The van der Waals surface area contributed by atoms with Gasteiger partial charge in [0.2, 0.25) is 0 Å². The topological polar surface area (TPSA) is 90.9 Å². The molecule has 3 rings (SSSR count). The van der Waals surface area contributed by atoms with Crippen LogP contribution in [0.1, 0.15) is 18.3 Å². The van der Waals surface area contributed by atoms with Crippen molar-refractivity contribution < 1.29 is 9.26 Å². The van der Waals surface area contributed by atoms with Gasteiger partial charge in [-0.05, 0) is 6.42 Å². The summed E-state index contributed by atoms with van der Waals surface area (Å²) >= 11 is 0. The van der Waals surface area contributed by atoms with Crippen molar-refractivity contribution >= 4 is 0 Å². The molecule has 102 valence electrons. The van der Waals surface area contributed by atoms with Crippen molar-refractivity contribution in [3.63, 3.8) is 0 Å². The maximum atomic E-state index is 5.19. The molecule has 1 aliphatic rings. The lowest BCUT2D eigenvalue weighted by molar-refractivity contribution is 0.194. The summed E-state index contributed by atoms with van der Waals surface area (Å²) in [6, 6.07) is 0.380. The molecule has 0 bridgehead atoms. The first-order valence-corrected chi connectivity index (χ1v) is 6.31. The molecule has 19 heavy (non-hydrogen) atoms. The summed E-state index contributed by atoms with van der Waals surface area (Å²) < 4.78 is 12.0. The van der Waals surface area contributed by atoms with E-state index in [1.807, 2.05) is 10.9 Å². The minimum atomic E-state index is 0.380. The van der Waals surface area contributed by atoms with Gasteiger partial charge in [0.25, 0.3) is 5.89 Å². The Morgan fingerprint density at radius 2 is 2.42 bits per heavy atom. The monoisotopic (exact) mass is 264 g/mol. The van der Waals surface area contributed by atoms with E-state index in [1.165, 1.54) is 0 Å². The van der Waals surface area contributed by atoms with Crippen LogP contribution in [0, 0.1) is 0 Å². The second-order valence-electron chi connectivity index (χ2n) is 4.51. The summed E-state index contributed by atoms with van der Waals surface area (Å²) in [5.41, 5.74) is 0.623. The van der Waals surface area contributed by atoms with E-state index in [4.69, 9.17) is 9.26 Å². The lowest BCUT2D eigenvalue weighted by atomic mass is 10.2. The van der Waals surface area contributed by atoms with E-state index in [0.29, 0.717) is 30.1 Å². The van der Waals surface area contributed by atoms with Crippen LogP contribution in [0.3, 0.4) is 0 Å². The molecule has 0 amide bonds. The average Bonchev–Trinajstić information content (AvgIpc) is 2.96. The number of rotatable bonds is 6. The number of nitrogens with one attached hydrogen (secondary N) is 1. The second kappa shape index (κ2) is 5.45. The lowest BCUT2D eigenvalue weighted by Gasteiger charge is -2.26. The molecule has 8 nitrogen and oxygen atoms in total. The summed E-state index contributed by atoms with van der Waals surface area (Å²) in [6.45, 7) is 2.54. The maximum absolute atomic E-state index is 5.19. The van der Waals surface area contributed by atoms with Crippen LogP contribution in [-0.4, -0.2) is 51.9 Å². The molecule has 8 heteroatoms. The first-order valence-electron chi connectivity index (χ1n) is 6.31. The van der Waals surface area contributed by atoms with Gasteiger partial charge in [-0.3, -0.25) is 0 Å². The third-order valence-corrected chi connectivity index (χ3v) is 3.08. The second-order valence-corrected chi connectivity index (χ2v) is 4.51. The molecule has 0 aliphatic carbocycles. The highest BCUT2D eigenvalue weighted by molar-refractivity contribution is 5.43. The van der Waals surface area contributed by atoms with Gasteiger partial charge >= 0.3 is 0 Å². The maximum Gasteiger partial charge on any atom is 0.280 e. The zero-order valence-electron chi connectivity index (χ0n) is 10.7. The van der Waals surface area contributed by atoms with Gasteiger partial charge in [0, 0.05) is 33.2 Å². The first-order chi connectivity index (χ1) is 9.36. The summed E-state index contributed by atoms with van der Waals surface area (Å²) in [7, 11) is 1.68. The van der Waals surface area contributed by atoms with Gasteiger partial charge in [-0.2, -0.15) is 4.98 Å². The smallest absolute Gasteiger partial charge is 0.280 e. The van der Waals surface area contributed by atoms with Crippen LogP contribution in [0.5, 0.6) is 0 Å². The van der Waals surface area contributed by atoms with Crippen molar-refractivity contribution in [2.75, 3.05) is 26.8 Å². The fraction of sp³-hybridized carbons (Fsp3) is 0.636. The minimum absolute atomic E-state index is 0.380. The van der Waals surface area contributed by atoms with Crippen molar-refractivity contribution in [2.24, 2.45) is 0 Å². The molecular formula is C11H16N6O2. The number of aryl methyl sites for hydroxylation is 1. The molecular weight excluding hydrogens is 248 g/mol. The SMILES string of the molecule is COCCCc1noc(-c2cn(C3CNC3)nn2)n1. The van der Waals surface area contributed by atoms with Gasteiger partial charge in [0.1, 0.15) is 0 Å². The van der Waals surface area contributed by atoms with Crippen LogP contribution in [0.25, 0.3) is 11.6 Å².